The Labute approximate surface area is 177 Å². The van der Waals surface area contributed by atoms with E-state index >= 15 is 0 Å². The molecule has 0 fully saturated rings. The molecule has 0 aliphatic rings. The maximum absolute atomic E-state index is 14.5. The van der Waals surface area contributed by atoms with Gasteiger partial charge in [0.25, 0.3) is 0 Å². The molecule has 0 spiro atoms. The Bertz CT molecular complexity index is 1190. The zero-order valence-electron chi connectivity index (χ0n) is 15.7. The first kappa shape index (κ1) is 19.6. The SMILES string of the molecule is Cc1cccc2sc(NC(CC(=O)c3ccccc3Cl)c3ccccc3F)nc12. The highest BCUT2D eigenvalue weighted by Gasteiger charge is 2.22. The lowest BCUT2D eigenvalue weighted by Crippen LogP contribution is -2.17. The molecule has 0 bridgehead atoms. The Morgan fingerprint density at radius 3 is 2.62 bits per heavy atom. The predicted molar refractivity (Wildman–Crippen MR) is 118 cm³/mol. The average molecular weight is 425 g/mol. The largest absolute Gasteiger partial charge is 0.354 e. The third kappa shape index (κ3) is 4.16. The van der Waals surface area contributed by atoms with Gasteiger partial charge in [-0.15, -0.1) is 0 Å². The molecule has 0 saturated carbocycles. The molecule has 1 unspecified atom stereocenters. The molecule has 6 heteroatoms. The Kier molecular flexibility index (Phi) is 5.60. The van der Waals surface area contributed by atoms with Crippen molar-refractivity contribution in [3.05, 3.63) is 94.3 Å². The molecule has 3 nitrogen and oxygen atoms in total. The lowest BCUT2D eigenvalue weighted by molar-refractivity contribution is 0.0976. The van der Waals surface area contributed by atoms with E-state index in [0.717, 1.165) is 15.8 Å². The van der Waals surface area contributed by atoms with Crippen molar-refractivity contribution in [1.82, 2.24) is 4.98 Å². The van der Waals surface area contributed by atoms with Crippen molar-refractivity contribution in [3.63, 3.8) is 0 Å². The molecule has 3 aromatic carbocycles. The molecule has 0 amide bonds. The lowest BCUT2D eigenvalue weighted by Gasteiger charge is -2.19. The summed E-state index contributed by atoms with van der Waals surface area (Å²) >= 11 is 7.67. The number of fused-ring (bicyclic) bond motifs is 1. The zero-order valence-corrected chi connectivity index (χ0v) is 17.2. The first-order chi connectivity index (χ1) is 14.0. The molecule has 1 N–H and O–H groups in total. The second-order valence-electron chi connectivity index (χ2n) is 6.77. The van der Waals surface area contributed by atoms with Crippen LogP contribution in [0.3, 0.4) is 0 Å². The van der Waals surface area contributed by atoms with E-state index in [-0.39, 0.29) is 18.0 Å². The van der Waals surface area contributed by atoms with Gasteiger partial charge in [0.15, 0.2) is 10.9 Å². The molecule has 1 heterocycles. The van der Waals surface area contributed by atoms with Crippen molar-refractivity contribution in [2.24, 2.45) is 0 Å². The second-order valence-corrected chi connectivity index (χ2v) is 8.20. The predicted octanol–water partition coefficient (Wildman–Crippen LogP) is 6.82. The number of thiazole rings is 1. The number of nitrogens with zero attached hydrogens (tertiary/aromatic N) is 1. The fourth-order valence-electron chi connectivity index (χ4n) is 3.28. The van der Waals surface area contributed by atoms with Gasteiger partial charge in [-0.05, 0) is 36.8 Å². The van der Waals surface area contributed by atoms with E-state index < -0.39 is 6.04 Å². The number of para-hydroxylation sites is 1. The fraction of sp³-hybridized carbons (Fsp3) is 0.130. The summed E-state index contributed by atoms with van der Waals surface area (Å²) in [7, 11) is 0. The molecule has 4 aromatic rings. The second kappa shape index (κ2) is 8.31. The van der Waals surface area contributed by atoms with Crippen LogP contribution in [0.25, 0.3) is 10.2 Å². The molecule has 29 heavy (non-hydrogen) atoms. The van der Waals surface area contributed by atoms with Crippen molar-refractivity contribution in [1.29, 1.82) is 0 Å². The number of hydrogen-bond acceptors (Lipinski definition) is 4. The standard InChI is InChI=1S/C23H18ClFN2OS/c1-14-7-6-12-21-22(14)27-23(29-21)26-19(16-9-3-5-11-18(16)25)13-20(28)15-8-2-4-10-17(15)24/h2-12,19H,13H2,1H3,(H,26,27). The topological polar surface area (TPSA) is 42.0 Å². The van der Waals surface area contributed by atoms with E-state index in [4.69, 9.17) is 11.6 Å². The van der Waals surface area contributed by atoms with Gasteiger partial charge in [0, 0.05) is 17.5 Å². The minimum absolute atomic E-state index is 0.0551. The van der Waals surface area contributed by atoms with Crippen LogP contribution in [0.5, 0.6) is 0 Å². The molecule has 1 aromatic heterocycles. The summed E-state index contributed by atoms with van der Waals surface area (Å²) in [5.41, 5.74) is 2.83. The number of carbonyl (C=O) groups is 1. The average Bonchev–Trinajstić information content (AvgIpc) is 3.12. The van der Waals surface area contributed by atoms with Crippen LogP contribution >= 0.6 is 22.9 Å². The number of anilines is 1. The number of aryl methyl sites for hydroxylation is 1. The molecule has 4 rings (SSSR count). The fourth-order valence-corrected chi connectivity index (χ4v) is 4.51. The molecule has 0 aliphatic heterocycles. The lowest BCUT2D eigenvalue weighted by atomic mass is 9.97. The minimum atomic E-state index is -0.569. The molecule has 1 atom stereocenters. The first-order valence-electron chi connectivity index (χ1n) is 9.18. The number of halogens is 2. The van der Waals surface area contributed by atoms with Gasteiger partial charge in [0.2, 0.25) is 0 Å². The molecule has 0 saturated heterocycles. The van der Waals surface area contributed by atoms with Gasteiger partial charge in [-0.1, -0.05) is 65.4 Å². The first-order valence-corrected chi connectivity index (χ1v) is 10.4. The third-order valence-corrected chi connectivity index (χ3v) is 6.04. The number of hydrogen-bond donors (Lipinski definition) is 1. The van der Waals surface area contributed by atoms with E-state index in [9.17, 15) is 9.18 Å². The van der Waals surface area contributed by atoms with E-state index in [1.807, 2.05) is 25.1 Å². The van der Waals surface area contributed by atoms with Gasteiger partial charge in [0.1, 0.15) is 5.82 Å². The Morgan fingerprint density at radius 1 is 1.10 bits per heavy atom. The number of nitrogens with one attached hydrogen (secondary N) is 1. The van der Waals surface area contributed by atoms with E-state index in [0.29, 0.717) is 21.3 Å². The van der Waals surface area contributed by atoms with Crippen LogP contribution in [0.15, 0.2) is 66.7 Å². The number of aromatic nitrogens is 1. The molecular weight excluding hydrogens is 407 g/mol. The molecule has 146 valence electrons. The molecule has 0 aliphatic carbocycles. The van der Waals surface area contributed by atoms with Gasteiger partial charge in [-0.2, -0.15) is 0 Å². The van der Waals surface area contributed by atoms with Crippen molar-refractivity contribution < 1.29 is 9.18 Å². The van der Waals surface area contributed by atoms with Crippen LogP contribution in [-0.4, -0.2) is 10.8 Å². The molecule has 0 radical (unpaired) electrons. The summed E-state index contributed by atoms with van der Waals surface area (Å²) in [6, 6.07) is 18.8. The van der Waals surface area contributed by atoms with Crippen LogP contribution in [0, 0.1) is 12.7 Å². The summed E-state index contributed by atoms with van der Waals surface area (Å²) in [5.74, 6) is -0.525. The van der Waals surface area contributed by atoms with Crippen molar-refractivity contribution in [2.75, 3.05) is 5.32 Å². The van der Waals surface area contributed by atoms with Gasteiger partial charge in [0.05, 0.1) is 21.3 Å². The van der Waals surface area contributed by atoms with Gasteiger partial charge < -0.3 is 5.32 Å². The quantitative estimate of drug-likeness (QED) is 0.345. The van der Waals surface area contributed by atoms with E-state index in [1.54, 1.807) is 42.5 Å². The van der Waals surface area contributed by atoms with Gasteiger partial charge in [-0.25, -0.2) is 9.37 Å². The number of rotatable bonds is 6. The Balaban J connectivity index is 1.68. The Hall–Kier alpha value is -2.76. The van der Waals surface area contributed by atoms with Gasteiger partial charge in [-0.3, -0.25) is 4.79 Å². The zero-order chi connectivity index (χ0) is 20.4. The van der Waals surface area contributed by atoms with Crippen molar-refractivity contribution >= 4 is 44.1 Å². The van der Waals surface area contributed by atoms with Crippen LogP contribution in [0.4, 0.5) is 9.52 Å². The molecular formula is C23H18ClFN2OS. The third-order valence-electron chi connectivity index (χ3n) is 4.76. The highest BCUT2D eigenvalue weighted by molar-refractivity contribution is 7.22. The number of benzene rings is 3. The maximum atomic E-state index is 14.5. The van der Waals surface area contributed by atoms with Crippen molar-refractivity contribution in [3.8, 4) is 0 Å². The van der Waals surface area contributed by atoms with Gasteiger partial charge >= 0.3 is 0 Å². The summed E-state index contributed by atoms with van der Waals surface area (Å²) in [6.07, 6.45) is 0.0551. The maximum Gasteiger partial charge on any atom is 0.184 e. The van der Waals surface area contributed by atoms with Crippen LogP contribution < -0.4 is 5.32 Å². The van der Waals surface area contributed by atoms with E-state index in [2.05, 4.69) is 10.3 Å². The van der Waals surface area contributed by atoms with Crippen LogP contribution in [0.1, 0.15) is 33.9 Å². The summed E-state index contributed by atoms with van der Waals surface area (Å²) < 4.78 is 15.6. The number of Topliss-reactive ketones (excluding diaryl/α,β-unsaturated/α-hetero) is 1. The summed E-state index contributed by atoms with van der Waals surface area (Å²) in [6.45, 7) is 2.00. The number of ketones is 1. The highest BCUT2D eigenvalue weighted by Crippen LogP contribution is 2.33. The summed E-state index contributed by atoms with van der Waals surface area (Å²) in [5, 5.41) is 4.31. The monoisotopic (exact) mass is 424 g/mol. The van der Waals surface area contributed by atoms with E-state index in [1.165, 1.54) is 17.4 Å². The number of carbonyl (C=O) groups excluding carboxylic acids is 1. The Morgan fingerprint density at radius 2 is 1.86 bits per heavy atom. The minimum Gasteiger partial charge on any atom is -0.354 e. The smallest absolute Gasteiger partial charge is 0.184 e. The van der Waals surface area contributed by atoms with Crippen molar-refractivity contribution in [2.45, 2.75) is 19.4 Å². The van der Waals surface area contributed by atoms with Crippen LogP contribution in [-0.2, 0) is 0 Å². The summed E-state index contributed by atoms with van der Waals surface area (Å²) in [4.78, 5) is 17.6. The highest BCUT2D eigenvalue weighted by atomic mass is 35.5. The normalized spacial score (nSPS) is 12.1. The van der Waals surface area contributed by atoms with Crippen LogP contribution in [0.2, 0.25) is 5.02 Å².